The second kappa shape index (κ2) is 24.4. The van der Waals surface area contributed by atoms with Crippen molar-refractivity contribution >= 4 is 78.2 Å². The summed E-state index contributed by atoms with van der Waals surface area (Å²) in [4.78, 5) is 52.0. The van der Waals surface area contributed by atoms with Crippen molar-refractivity contribution in [3.05, 3.63) is 87.7 Å². The van der Waals surface area contributed by atoms with Crippen LogP contribution < -0.4 is 16.1 Å². The van der Waals surface area contributed by atoms with Crippen molar-refractivity contribution in [2.24, 2.45) is 11.8 Å². The summed E-state index contributed by atoms with van der Waals surface area (Å²) in [5.74, 6) is 0.293. The van der Waals surface area contributed by atoms with Gasteiger partial charge in [0.05, 0.1) is 56.8 Å². The van der Waals surface area contributed by atoms with E-state index < -0.39 is 61.6 Å². The van der Waals surface area contributed by atoms with Gasteiger partial charge < -0.3 is 48.0 Å². The molecular weight excluding hydrogens is 1130 g/mol. The molecule has 5 aliphatic rings. The van der Waals surface area contributed by atoms with Crippen molar-refractivity contribution in [3.63, 3.8) is 0 Å². The van der Waals surface area contributed by atoms with Crippen LogP contribution in [0, 0.1) is 11.8 Å². The minimum Gasteiger partial charge on any atom is -0.442 e. The van der Waals surface area contributed by atoms with Crippen molar-refractivity contribution in [2.45, 2.75) is 246 Å². The van der Waals surface area contributed by atoms with E-state index in [9.17, 15) is 19.2 Å². The molecule has 458 valence electrons. The summed E-state index contributed by atoms with van der Waals surface area (Å²) < 4.78 is 50.8. The fourth-order valence-corrected chi connectivity index (χ4v) is 10.2. The Morgan fingerprint density at radius 2 is 0.869 bits per heavy atom. The Hall–Kier alpha value is -4.83. The number of hydrogen-bond donors (Lipinski definition) is 2. The SMILES string of the molecule is CC(C)C(C(=O)Nc1cc(C2CC2)n(C(=O)OC(C)(C)C)n1)c1cccc(B2OC(C)(C)C(C)(C)O2)c1.CC(C)C(C(=O)Nc1cc(C2CC2)n(C(=O)OC(C)(C)C)n1)c1cccc(Br)c1.CC1(C)OB(B2OC(C)(C)C(C)(C)O2)OC1(C)C. The first kappa shape index (κ1) is 66.7. The lowest BCUT2D eigenvalue weighted by Gasteiger charge is -2.32. The van der Waals surface area contributed by atoms with Gasteiger partial charge in [-0.1, -0.05) is 80.0 Å². The molecule has 0 bridgehead atoms. The first-order chi connectivity index (χ1) is 38.5. The van der Waals surface area contributed by atoms with Crippen LogP contribution >= 0.6 is 15.9 Å². The number of anilines is 2. The molecule has 18 nitrogen and oxygen atoms in total. The molecule has 0 spiro atoms. The van der Waals surface area contributed by atoms with Crippen LogP contribution in [0.15, 0.2) is 65.1 Å². The summed E-state index contributed by atoms with van der Waals surface area (Å²) in [6.45, 7) is 43.3. The second-order valence-electron chi connectivity index (χ2n) is 28.7. The fraction of sp³-hybridized carbons (Fsp3) is 0.645. The molecule has 2 aromatic heterocycles. The fourth-order valence-electron chi connectivity index (χ4n) is 9.82. The minimum absolute atomic E-state index is 0.0180. The molecule has 9 rings (SSSR count). The zero-order valence-electron chi connectivity index (χ0n) is 53.9. The summed E-state index contributed by atoms with van der Waals surface area (Å²) >= 11 is 3.47. The van der Waals surface area contributed by atoms with Gasteiger partial charge in [-0.15, -0.1) is 10.2 Å². The maximum absolute atomic E-state index is 13.6. The summed E-state index contributed by atoms with van der Waals surface area (Å²) in [5, 5.41) is 14.6. The Kier molecular flexibility index (Phi) is 19.4. The maximum atomic E-state index is 13.6. The summed E-state index contributed by atoms with van der Waals surface area (Å²) in [6, 6.07) is 19.2. The molecule has 3 aliphatic heterocycles. The van der Waals surface area contributed by atoms with E-state index in [1.54, 1.807) is 12.1 Å². The number of amides is 2. The number of nitrogens with one attached hydrogen (secondary N) is 2. The number of halogens is 1. The van der Waals surface area contributed by atoms with E-state index in [1.807, 2.05) is 201 Å². The highest BCUT2D eigenvalue weighted by Crippen LogP contribution is 2.45. The lowest BCUT2D eigenvalue weighted by Crippen LogP contribution is -2.41. The average molecular weight is 1230 g/mol. The van der Waals surface area contributed by atoms with Crippen molar-refractivity contribution in [3.8, 4) is 0 Å². The molecule has 84 heavy (non-hydrogen) atoms. The number of carbonyl (C=O) groups is 4. The average Bonchev–Trinajstić information content (AvgIpc) is 3.78. The molecule has 3 saturated heterocycles. The molecule has 5 heterocycles. The normalized spacial score (nSPS) is 20.8. The Labute approximate surface area is 508 Å². The summed E-state index contributed by atoms with van der Waals surface area (Å²) in [7, 11) is -1.46. The Bertz CT molecular complexity index is 2960. The highest BCUT2D eigenvalue weighted by molar-refractivity contribution is 9.10. The summed E-state index contributed by atoms with van der Waals surface area (Å²) in [6.07, 6.45) is 2.94. The molecule has 2 aromatic carbocycles. The zero-order chi connectivity index (χ0) is 62.7. The number of aromatic nitrogens is 4. The number of hydrogen-bond acceptors (Lipinski definition) is 14. The van der Waals surface area contributed by atoms with Crippen molar-refractivity contribution in [1.82, 2.24) is 19.6 Å². The number of rotatable bonds is 12. The number of carbonyl (C=O) groups excluding carboxylic acids is 4. The Morgan fingerprint density at radius 1 is 0.536 bits per heavy atom. The van der Waals surface area contributed by atoms with Crippen LogP contribution in [0.4, 0.5) is 21.2 Å². The van der Waals surface area contributed by atoms with E-state index >= 15 is 0 Å². The second-order valence-corrected chi connectivity index (χ2v) is 29.6. The molecule has 2 unspecified atom stereocenters. The quantitative estimate of drug-likeness (QED) is 0.127. The lowest BCUT2D eigenvalue weighted by molar-refractivity contribution is -0.119. The van der Waals surface area contributed by atoms with Crippen LogP contribution in [0.1, 0.15) is 224 Å². The van der Waals surface area contributed by atoms with E-state index in [0.29, 0.717) is 11.6 Å². The van der Waals surface area contributed by atoms with Gasteiger partial charge in [0.2, 0.25) is 11.8 Å². The first-order valence-electron chi connectivity index (χ1n) is 29.7. The third-order valence-corrected chi connectivity index (χ3v) is 17.3. The van der Waals surface area contributed by atoms with Crippen LogP contribution in [0.5, 0.6) is 0 Å². The largest absolute Gasteiger partial charge is 0.494 e. The highest BCUT2D eigenvalue weighted by Gasteiger charge is 2.64. The topological polar surface area (TPSA) is 202 Å². The van der Waals surface area contributed by atoms with E-state index in [0.717, 1.165) is 58.1 Å². The van der Waals surface area contributed by atoms with Crippen LogP contribution in [0.3, 0.4) is 0 Å². The number of benzene rings is 2. The molecule has 5 fully saturated rings. The van der Waals surface area contributed by atoms with Gasteiger partial charge in [-0.2, -0.15) is 9.36 Å². The minimum atomic E-state index is -0.641. The lowest BCUT2D eigenvalue weighted by atomic mass is 9.49. The van der Waals surface area contributed by atoms with Crippen LogP contribution in [0.25, 0.3) is 0 Å². The third-order valence-electron chi connectivity index (χ3n) is 16.8. The van der Waals surface area contributed by atoms with Crippen molar-refractivity contribution < 1.29 is 56.6 Å². The van der Waals surface area contributed by atoms with Crippen molar-refractivity contribution in [1.29, 1.82) is 0 Å². The smallest absolute Gasteiger partial charge is 0.442 e. The van der Waals surface area contributed by atoms with Gasteiger partial charge in [0.15, 0.2) is 11.6 Å². The van der Waals surface area contributed by atoms with Gasteiger partial charge >= 0.3 is 33.3 Å². The summed E-state index contributed by atoms with van der Waals surface area (Å²) in [5.41, 5.74) is 0.643. The molecule has 2 saturated carbocycles. The van der Waals surface area contributed by atoms with Gasteiger partial charge in [-0.05, 0) is 191 Å². The molecule has 0 radical (unpaired) electrons. The third kappa shape index (κ3) is 15.8. The molecule has 22 heteroatoms. The van der Waals surface area contributed by atoms with Crippen LogP contribution in [-0.2, 0) is 47.0 Å². The van der Waals surface area contributed by atoms with Gasteiger partial charge in [0, 0.05) is 28.4 Å². The predicted molar refractivity (Wildman–Crippen MR) is 333 cm³/mol. The molecule has 2 amide bonds. The van der Waals surface area contributed by atoms with E-state index in [2.05, 4.69) is 36.8 Å². The van der Waals surface area contributed by atoms with Gasteiger partial charge in [-0.3, -0.25) is 9.59 Å². The highest BCUT2D eigenvalue weighted by atomic mass is 79.9. The van der Waals surface area contributed by atoms with E-state index in [1.165, 1.54) is 9.36 Å². The molecule has 2 atom stereocenters. The van der Waals surface area contributed by atoms with Crippen LogP contribution in [-0.4, -0.2) is 110 Å². The standard InChI is InChI=1S/C28H40BN3O5.C22H28BrN3O3.C12H24B2O4/c1-17(2)23(19-11-10-12-20(15-19)29-36-27(6,7)28(8,9)37-29)24(33)30-22-16-21(18-13-14-18)32(31-22)25(34)35-26(3,4)5;1-13(2)19(15-7-6-8-16(23)11-15)20(27)24-18-12-17(14-9-10-14)26(25-18)21(28)29-22(3,4)5;1-9(2)10(3,4)16-13(15-9)14-17-11(5,6)12(7,8)18-14/h10-12,15-18,23H,13-14H2,1-9H3,(H,30,31,33);6-8,11-14,19H,9-10H2,1-5H3,(H,24,25,27);1-8H3. The van der Waals surface area contributed by atoms with Gasteiger partial charge in [0.25, 0.3) is 0 Å². The molecule has 4 aromatic rings. The molecule has 2 N–H and O–H groups in total. The van der Waals surface area contributed by atoms with Gasteiger partial charge in [0.1, 0.15) is 11.2 Å². The van der Waals surface area contributed by atoms with Gasteiger partial charge in [-0.25, -0.2) is 9.59 Å². The maximum Gasteiger partial charge on any atom is 0.494 e. The molecular formula is C62H92B3BrN6O12. The number of nitrogens with zero attached hydrogens (tertiary/aromatic N) is 4. The molecule has 2 aliphatic carbocycles. The van der Waals surface area contributed by atoms with E-state index in [4.69, 9.17) is 37.4 Å². The van der Waals surface area contributed by atoms with Crippen LogP contribution in [0.2, 0.25) is 0 Å². The monoisotopic (exact) mass is 1220 g/mol. The predicted octanol–water partition coefficient (Wildman–Crippen LogP) is 13.2. The Morgan fingerprint density at radius 3 is 1.19 bits per heavy atom. The van der Waals surface area contributed by atoms with E-state index in [-0.39, 0.29) is 63.8 Å². The van der Waals surface area contributed by atoms with Crippen molar-refractivity contribution in [2.75, 3.05) is 10.6 Å². The Balaban J connectivity index is 0.000000192. The number of ether oxygens (including phenoxy) is 2. The zero-order valence-corrected chi connectivity index (χ0v) is 55.4. The first-order valence-corrected chi connectivity index (χ1v) is 30.5.